The van der Waals surface area contributed by atoms with Crippen LogP contribution in [-0.4, -0.2) is 56.5 Å². The van der Waals surface area contributed by atoms with Crippen LogP contribution in [0, 0.1) is 11.7 Å². The molecule has 1 fully saturated rings. The summed E-state index contributed by atoms with van der Waals surface area (Å²) in [6, 6.07) is 9.13. The van der Waals surface area contributed by atoms with Gasteiger partial charge < -0.3 is 20.0 Å². The summed E-state index contributed by atoms with van der Waals surface area (Å²) >= 11 is 6.10. The second-order valence-corrected chi connectivity index (χ2v) is 13.9. The van der Waals surface area contributed by atoms with Crippen LogP contribution in [-0.2, 0) is 21.1 Å². The highest BCUT2D eigenvalue weighted by Gasteiger charge is 2.30. The molecule has 0 saturated heterocycles. The first-order valence-corrected chi connectivity index (χ1v) is 16.4. The largest absolute Gasteiger partial charge is 0.423 e. The third-order valence-electron chi connectivity index (χ3n) is 7.92. The van der Waals surface area contributed by atoms with Crippen molar-refractivity contribution >= 4 is 50.1 Å². The van der Waals surface area contributed by atoms with Crippen molar-refractivity contribution in [1.29, 1.82) is 0 Å². The van der Waals surface area contributed by atoms with Crippen molar-refractivity contribution in [1.82, 2.24) is 10.3 Å². The van der Waals surface area contributed by atoms with Crippen molar-refractivity contribution in [2.45, 2.75) is 63.5 Å². The first-order valence-electron chi connectivity index (χ1n) is 14.0. The van der Waals surface area contributed by atoms with Crippen LogP contribution in [0.25, 0.3) is 11.1 Å². The van der Waals surface area contributed by atoms with Crippen molar-refractivity contribution in [3.63, 3.8) is 0 Å². The van der Waals surface area contributed by atoms with E-state index in [9.17, 15) is 17.6 Å². The molecule has 1 aromatic heterocycles. The Kier molecular flexibility index (Phi) is 8.85. The molecule has 0 radical (unpaired) electrons. The van der Waals surface area contributed by atoms with Crippen LogP contribution in [0.5, 0.6) is 0 Å². The van der Waals surface area contributed by atoms with Gasteiger partial charge in [0.25, 0.3) is 6.01 Å². The highest BCUT2D eigenvalue weighted by atomic mass is 35.5. The van der Waals surface area contributed by atoms with E-state index in [4.69, 9.17) is 16.0 Å². The maximum Gasteiger partial charge on any atom is 0.296 e. The summed E-state index contributed by atoms with van der Waals surface area (Å²) in [5.41, 5.74) is 3.00. The molecule has 2 aromatic carbocycles. The summed E-state index contributed by atoms with van der Waals surface area (Å²) in [7, 11) is -3.24. The number of fused-ring (bicyclic) bond motifs is 2. The average molecular weight is 591 g/mol. The molecular formula is C29H36ClFN4O4S. The standard InChI is InChI=1S/C29H36ClFN4O4S/c1-40(37,38)14-12-23(18-35-13-11-20-16-22(31)8-10-26(20)35)32-28(36)25(15-19-5-3-2-4-6-19)34-29-33-24-9-7-21(30)17-27(24)39-29/h7-10,16-17,19,23,25H,2-6,11-15,18H2,1H3,(H,32,36)(H,33,34)/t23-,25-/m0/s1. The fourth-order valence-corrected chi connectivity index (χ4v) is 6.73. The second-order valence-electron chi connectivity index (χ2n) is 11.2. The molecule has 2 aliphatic rings. The van der Waals surface area contributed by atoms with Crippen LogP contribution in [0.4, 0.5) is 16.1 Å². The summed E-state index contributed by atoms with van der Waals surface area (Å²) < 4.78 is 43.7. The number of carbonyl (C=O) groups is 1. The molecule has 40 heavy (non-hydrogen) atoms. The number of aromatic nitrogens is 1. The number of sulfone groups is 1. The number of nitrogens with zero attached hydrogens (tertiary/aromatic N) is 2. The Morgan fingerprint density at radius 2 is 2.00 bits per heavy atom. The number of halogens is 2. The highest BCUT2D eigenvalue weighted by molar-refractivity contribution is 7.90. The molecule has 1 aliphatic heterocycles. The lowest BCUT2D eigenvalue weighted by molar-refractivity contribution is -0.123. The SMILES string of the molecule is CS(=O)(=O)CC[C@@H](CN1CCc2cc(F)ccc21)NC(=O)[C@H](CC1CCCCC1)Nc1nc2ccc(Cl)cc2o1. The normalized spacial score (nSPS) is 17.5. The molecule has 3 aromatic rings. The zero-order chi connectivity index (χ0) is 28.3. The van der Waals surface area contributed by atoms with Crippen LogP contribution in [0.3, 0.4) is 0 Å². The Hall–Kier alpha value is -2.85. The van der Waals surface area contributed by atoms with E-state index in [1.54, 1.807) is 24.3 Å². The quantitative estimate of drug-likeness (QED) is 0.310. The smallest absolute Gasteiger partial charge is 0.296 e. The molecule has 1 aliphatic carbocycles. The van der Waals surface area contributed by atoms with Gasteiger partial charge in [-0.3, -0.25) is 4.79 Å². The van der Waals surface area contributed by atoms with Crippen molar-refractivity contribution in [2.75, 3.05) is 35.3 Å². The second kappa shape index (κ2) is 12.3. The number of carbonyl (C=O) groups excluding carboxylic acids is 1. The predicted molar refractivity (Wildman–Crippen MR) is 156 cm³/mol. The number of hydrogen-bond acceptors (Lipinski definition) is 7. The minimum Gasteiger partial charge on any atom is -0.423 e. The molecule has 2 heterocycles. The maximum absolute atomic E-state index is 13.8. The van der Waals surface area contributed by atoms with Gasteiger partial charge in [-0.15, -0.1) is 0 Å². The molecule has 11 heteroatoms. The molecule has 0 unspecified atom stereocenters. The van der Waals surface area contributed by atoms with Gasteiger partial charge >= 0.3 is 0 Å². The lowest BCUT2D eigenvalue weighted by Crippen LogP contribution is -2.50. The Bertz CT molecular complexity index is 1460. The lowest BCUT2D eigenvalue weighted by atomic mass is 9.84. The van der Waals surface area contributed by atoms with E-state index in [-0.39, 0.29) is 29.9 Å². The Morgan fingerprint density at radius 1 is 1.20 bits per heavy atom. The van der Waals surface area contributed by atoms with Crippen molar-refractivity contribution in [3.8, 4) is 0 Å². The third-order valence-corrected chi connectivity index (χ3v) is 9.13. The molecule has 216 valence electrons. The van der Waals surface area contributed by atoms with E-state index >= 15 is 0 Å². The Labute approximate surface area is 239 Å². The average Bonchev–Trinajstić information content (AvgIpc) is 3.49. The zero-order valence-electron chi connectivity index (χ0n) is 22.7. The van der Waals surface area contributed by atoms with Gasteiger partial charge in [-0.25, -0.2) is 12.8 Å². The number of benzene rings is 2. The number of rotatable bonds is 11. The van der Waals surface area contributed by atoms with Gasteiger partial charge in [0.05, 0.1) is 5.75 Å². The van der Waals surface area contributed by atoms with Crippen LogP contribution < -0.4 is 15.5 Å². The van der Waals surface area contributed by atoms with Gasteiger partial charge in [-0.1, -0.05) is 43.7 Å². The molecule has 1 saturated carbocycles. The number of amides is 1. The minimum absolute atomic E-state index is 0.0470. The van der Waals surface area contributed by atoms with Crippen LogP contribution in [0.15, 0.2) is 40.8 Å². The molecule has 5 rings (SSSR count). The zero-order valence-corrected chi connectivity index (χ0v) is 24.2. The fraction of sp³-hybridized carbons (Fsp3) is 0.517. The Balaban J connectivity index is 1.34. The molecule has 2 atom stereocenters. The molecule has 0 spiro atoms. The van der Waals surface area contributed by atoms with Crippen molar-refractivity contribution < 1.29 is 22.0 Å². The minimum atomic E-state index is -3.24. The first-order chi connectivity index (χ1) is 19.1. The molecule has 0 bridgehead atoms. The van der Waals surface area contributed by atoms with E-state index in [2.05, 4.69) is 20.5 Å². The fourth-order valence-electron chi connectivity index (χ4n) is 5.86. The molecule has 8 nitrogen and oxygen atoms in total. The van der Waals surface area contributed by atoms with Crippen LogP contribution in [0.1, 0.15) is 50.5 Å². The van der Waals surface area contributed by atoms with E-state index in [1.165, 1.54) is 24.8 Å². The van der Waals surface area contributed by atoms with E-state index < -0.39 is 21.9 Å². The van der Waals surface area contributed by atoms with Gasteiger partial charge in [0.2, 0.25) is 5.91 Å². The first kappa shape index (κ1) is 28.7. The summed E-state index contributed by atoms with van der Waals surface area (Å²) in [4.78, 5) is 20.4. The summed E-state index contributed by atoms with van der Waals surface area (Å²) in [6.07, 6.45) is 8.42. The van der Waals surface area contributed by atoms with E-state index in [1.807, 2.05) is 0 Å². The molecular weight excluding hydrogens is 555 g/mol. The number of oxazole rings is 1. The van der Waals surface area contributed by atoms with Gasteiger partial charge in [0.15, 0.2) is 5.58 Å². The summed E-state index contributed by atoms with van der Waals surface area (Å²) in [5, 5.41) is 6.90. The summed E-state index contributed by atoms with van der Waals surface area (Å²) in [6.45, 7) is 1.11. The van der Waals surface area contributed by atoms with Gasteiger partial charge in [-0.05, 0) is 61.1 Å². The monoisotopic (exact) mass is 590 g/mol. The summed E-state index contributed by atoms with van der Waals surface area (Å²) in [5.74, 6) is -0.150. The Morgan fingerprint density at radius 3 is 2.77 bits per heavy atom. The van der Waals surface area contributed by atoms with Crippen molar-refractivity contribution in [2.24, 2.45) is 5.92 Å². The third kappa shape index (κ3) is 7.46. The van der Waals surface area contributed by atoms with E-state index in [0.29, 0.717) is 48.0 Å². The maximum atomic E-state index is 13.8. The van der Waals surface area contributed by atoms with Crippen LogP contribution in [0.2, 0.25) is 5.02 Å². The van der Waals surface area contributed by atoms with Crippen molar-refractivity contribution in [3.05, 3.63) is 52.8 Å². The van der Waals surface area contributed by atoms with Crippen LogP contribution >= 0.6 is 11.6 Å². The number of hydrogen-bond donors (Lipinski definition) is 2. The predicted octanol–water partition coefficient (Wildman–Crippen LogP) is 5.35. The molecule has 1 amide bonds. The van der Waals surface area contributed by atoms with E-state index in [0.717, 1.165) is 36.9 Å². The van der Waals surface area contributed by atoms with Gasteiger partial charge in [0, 0.05) is 42.2 Å². The molecule has 2 N–H and O–H groups in total. The van der Waals surface area contributed by atoms with Gasteiger partial charge in [0.1, 0.15) is 27.2 Å². The highest BCUT2D eigenvalue weighted by Crippen LogP contribution is 2.31. The number of nitrogens with one attached hydrogen (secondary N) is 2. The number of anilines is 2. The topological polar surface area (TPSA) is 105 Å². The lowest BCUT2D eigenvalue weighted by Gasteiger charge is -2.30. The van der Waals surface area contributed by atoms with Gasteiger partial charge in [-0.2, -0.15) is 4.98 Å².